The van der Waals surface area contributed by atoms with E-state index < -0.39 is 50.8 Å². The van der Waals surface area contributed by atoms with Gasteiger partial charge in [0, 0.05) is 40.6 Å². The minimum atomic E-state index is -3.97. The highest BCUT2D eigenvalue weighted by Crippen LogP contribution is 2.43. The lowest BCUT2D eigenvalue weighted by Crippen LogP contribution is -2.16. The fraction of sp³-hybridized carbons (Fsp3) is 0.167. The molecular weight excluding hydrogens is 1740 g/mol. The van der Waals surface area contributed by atoms with E-state index in [2.05, 4.69) is 39.7 Å². The zero-order valence-corrected chi connectivity index (χ0v) is 76.5. The Morgan fingerprint density at radius 2 is 0.527 bits per heavy atom. The summed E-state index contributed by atoms with van der Waals surface area (Å²) in [5.74, 6) is 5.87. The topological polar surface area (TPSA) is 365 Å². The second-order valence-corrected chi connectivity index (χ2v) is 35.4. The predicted molar refractivity (Wildman–Crippen MR) is 505 cm³/mol. The van der Waals surface area contributed by atoms with Crippen LogP contribution >= 0.6 is 0 Å². The monoisotopic (exact) mass is 1830 g/mol. The number of ether oxygens (including phenoxy) is 12. The van der Waals surface area contributed by atoms with Gasteiger partial charge in [-0.15, -0.1) is 0 Å². The summed E-state index contributed by atoms with van der Waals surface area (Å²) in [6, 6.07) is 65.1. The first-order chi connectivity index (χ1) is 61.5. The van der Waals surface area contributed by atoms with E-state index in [0.29, 0.717) is 97.4 Å². The number of nitro groups is 1. The molecular formula is C96H99FN6O22S4. The molecule has 0 aliphatic heterocycles. The Bertz CT molecular complexity index is 6220. The average molecular weight is 1840 g/mol. The molecule has 0 aliphatic carbocycles. The number of hydrogen-bond acceptors (Lipinski definition) is 23. The molecule has 6 N–H and O–H groups in total. The molecule has 0 amide bonds. The van der Waals surface area contributed by atoms with Crippen molar-refractivity contribution >= 4 is 123 Å². The van der Waals surface area contributed by atoms with E-state index >= 15 is 0 Å². The van der Waals surface area contributed by atoms with E-state index in [4.69, 9.17) is 62.6 Å². The molecule has 0 fully saturated rings. The Morgan fingerprint density at radius 3 is 0.767 bits per heavy atom. The van der Waals surface area contributed by atoms with Crippen molar-refractivity contribution in [2.24, 2.45) is 0 Å². The molecule has 12 aromatic rings. The van der Waals surface area contributed by atoms with Crippen LogP contribution in [0.1, 0.15) is 70.8 Å². The summed E-state index contributed by atoms with van der Waals surface area (Å²) >= 11 is 0. The van der Waals surface area contributed by atoms with Crippen LogP contribution in [0.3, 0.4) is 0 Å². The molecule has 0 heterocycles. The summed E-state index contributed by atoms with van der Waals surface area (Å²) in [7, 11) is 3.39. The quantitative estimate of drug-likeness (QED) is 0.0110. The van der Waals surface area contributed by atoms with Crippen LogP contribution in [-0.4, -0.2) is 124 Å². The van der Waals surface area contributed by atoms with Crippen molar-refractivity contribution in [3.8, 4) is 69.0 Å². The molecule has 0 saturated carbocycles. The number of halogens is 1. The van der Waals surface area contributed by atoms with Crippen molar-refractivity contribution in [2.45, 2.75) is 45.8 Å². The average Bonchev–Trinajstić information content (AvgIpc) is 0.804. The number of nitrogen functional groups attached to an aromatic ring is 1. The molecule has 0 atom stereocenters. The van der Waals surface area contributed by atoms with E-state index in [0.717, 1.165) is 62.2 Å². The van der Waals surface area contributed by atoms with Crippen LogP contribution in [0.5, 0.6) is 69.0 Å². The zero-order chi connectivity index (χ0) is 93.8. The summed E-state index contributed by atoms with van der Waals surface area (Å²) in [6.07, 6.45) is 15.1. The van der Waals surface area contributed by atoms with Gasteiger partial charge < -0.3 is 62.6 Å². The third kappa shape index (κ3) is 27.2. The van der Waals surface area contributed by atoms with Crippen molar-refractivity contribution in [3.63, 3.8) is 0 Å². The number of non-ortho nitro benzene ring substituents is 1. The van der Waals surface area contributed by atoms with Gasteiger partial charge in [-0.3, -0.25) is 29.0 Å². The molecule has 0 bridgehead atoms. The number of methoxy groups -OCH3 is 12. The number of rotatable bonds is 33. The second kappa shape index (κ2) is 45.0. The fourth-order valence-electron chi connectivity index (χ4n) is 12.3. The lowest BCUT2D eigenvalue weighted by molar-refractivity contribution is -0.385. The number of nitro benzene ring substituents is 1. The van der Waals surface area contributed by atoms with E-state index in [9.17, 15) is 48.2 Å². The molecule has 0 unspecified atom stereocenters. The molecule has 129 heavy (non-hydrogen) atoms. The lowest BCUT2D eigenvalue weighted by atomic mass is 9.87. The van der Waals surface area contributed by atoms with Crippen LogP contribution in [0.4, 0.5) is 38.5 Å². The molecule has 0 spiro atoms. The molecule has 12 aromatic carbocycles. The van der Waals surface area contributed by atoms with Gasteiger partial charge in [0.25, 0.3) is 45.8 Å². The molecule has 0 radical (unpaired) electrons. The minimum absolute atomic E-state index is 0.110. The van der Waals surface area contributed by atoms with Gasteiger partial charge in [-0.05, 0) is 207 Å². The highest BCUT2D eigenvalue weighted by molar-refractivity contribution is 7.93. The number of nitrogens with one attached hydrogen (secondary N) is 4. The van der Waals surface area contributed by atoms with E-state index in [1.165, 1.54) is 69.9 Å². The molecule has 0 aromatic heterocycles. The fourth-order valence-corrected chi connectivity index (χ4v) is 16.7. The van der Waals surface area contributed by atoms with Gasteiger partial charge in [-0.25, -0.2) is 38.1 Å². The smallest absolute Gasteiger partial charge is 0.270 e. The van der Waals surface area contributed by atoms with Crippen LogP contribution in [0, 0.1) is 15.9 Å². The van der Waals surface area contributed by atoms with Gasteiger partial charge in [0.05, 0.1) is 110 Å². The van der Waals surface area contributed by atoms with Crippen LogP contribution in [-0.2, 0) is 45.5 Å². The van der Waals surface area contributed by atoms with Crippen LogP contribution in [0.2, 0.25) is 0 Å². The number of anilines is 5. The van der Waals surface area contributed by atoms with Gasteiger partial charge in [0.1, 0.15) is 5.82 Å². The van der Waals surface area contributed by atoms with Crippen molar-refractivity contribution in [3.05, 3.63) is 309 Å². The van der Waals surface area contributed by atoms with Crippen molar-refractivity contribution in [1.82, 2.24) is 0 Å². The lowest BCUT2D eigenvalue weighted by Gasteiger charge is -2.20. The Kier molecular flexibility index (Phi) is 34.2. The number of nitrogens with zero attached hydrogens (tertiary/aromatic N) is 1. The highest BCUT2D eigenvalue weighted by Gasteiger charge is 2.24. The number of hydrogen-bond donors (Lipinski definition) is 5. The molecule has 33 heteroatoms. The molecule has 676 valence electrons. The summed E-state index contributed by atoms with van der Waals surface area (Å²) in [6.45, 7) is 6.16. The highest BCUT2D eigenvalue weighted by atomic mass is 32.2. The van der Waals surface area contributed by atoms with Crippen molar-refractivity contribution in [1.29, 1.82) is 0 Å². The standard InChI is InChI=1S/C27H31NO5S.C23H22FNO5S.C23H22N2O7S.C23H24N2O5S/c1-27(2,3)21-8-7-9-23(18-21)34(29,30)28-22-14-12-19(13-15-22)10-11-20-16-24(31-4)26(33-6)25(17-20)32-5;1-28-21-13-17(14-22(29-2)23(21)30-3)8-7-16-9-11-19(12-10-16)25-31(26,27)20-6-4-5-18(24)15-20;1-30-21-13-17(14-22(31-2)23(21)32-3)8-7-16-9-11-18(12-10-16)24-33(28,29)20-6-4-5-19(15-20)25(26)27;1-28-21-13-17(14-22(29-2)23(21)30-3)8-7-16-9-11-19(12-10-16)25-31(26,27)20-6-4-5-18(24)15-20/h7-18,28H,1-6H3;4-15,25H,1-3H3;4-15,24H,1-3H3;4-15,25H,24H2,1-3H3/b11-10-;3*8-7-. The van der Waals surface area contributed by atoms with Gasteiger partial charge in [-0.1, -0.05) is 148 Å². The Morgan fingerprint density at radius 1 is 0.295 bits per heavy atom. The van der Waals surface area contributed by atoms with Gasteiger partial charge in [0.2, 0.25) is 23.0 Å². The van der Waals surface area contributed by atoms with E-state index in [1.807, 2.05) is 115 Å². The summed E-state index contributed by atoms with van der Waals surface area (Å²) in [5.41, 5.74) is 15.1. The molecule has 12 rings (SSSR count). The number of benzene rings is 12. The minimum Gasteiger partial charge on any atom is -0.493 e. The first-order valence-electron chi connectivity index (χ1n) is 39.0. The Hall–Kier alpha value is -14.7. The van der Waals surface area contributed by atoms with Crippen LogP contribution in [0.25, 0.3) is 48.6 Å². The van der Waals surface area contributed by atoms with Gasteiger partial charge in [-0.2, -0.15) is 0 Å². The van der Waals surface area contributed by atoms with Gasteiger partial charge in [0.15, 0.2) is 46.0 Å². The number of sulfonamides is 4. The van der Waals surface area contributed by atoms with Crippen molar-refractivity contribution < 1.29 is 99.8 Å². The van der Waals surface area contributed by atoms with E-state index in [1.54, 1.807) is 179 Å². The first-order valence-corrected chi connectivity index (χ1v) is 44.9. The number of nitrogens with two attached hydrogens (primary N) is 1. The van der Waals surface area contributed by atoms with Crippen LogP contribution in [0.15, 0.2) is 262 Å². The molecule has 0 aliphatic rings. The third-order valence-corrected chi connectivity index (χ3v) is 24.4. The van der Waals surface area contributed by atoms with E-state index in [-0.39, 0.29) is 30.7 Å². The Labute approximate surface area is 751 Å². The normalized spacial score (nSPS) is 11.5. The largest absolute Gasteiger partial charge is 0.493 e. The summed E-state index contributed by atoms with van der Waals surface area (Å²) < 4.78 is 188. The maximum Gasteiger partial charge on any atom is 0.270 e. The molecule has 28 nitrogen and oxygen atoms in total. The Balaban J connectivity index is 0.000000194. The van der Waals surface area contributed by atoms with Crippen molar-refractivity contribution in [2.75, 3.05) is 110 Å². The SMILES string of the molecule is COc1cc(/C=C\c2ccc(NS(=O)(=O)c3cccc(C(C)(C)C)c3)cc2)cc(OC)c1OC.COc1cc(/C=C\c2ccc(NS(=O)(=O)c3cccc(F)c3)cc2)cc(OC)c1OC.COc1cc(/C=C\c2ccc(NS(=O)(=O)c3cccc(N)c3)cc2)cc(OC)c1OC.COc1cc(/C=C\c2ccc(NS(=O)(=O)c3cccc([N+](=O)[O-])c3)cc2)cc(OC)c1OC. The summed E-state index contributed by atoms with van der Waals surface area (Å²) in [4.78, 5) is 10.3. The maximum atomic E-state index is 13.3. The molecule has 0 saturated heterocycles. The predicted octanol–water partition coefficient (Wildman–Crippen LogP) is 19.7. The maximum absolute atomic E-state index is 13.3. The first kappa shape index (κ1) is 98.1. The van der Waals surface area contributed by atoms with Gasteiger partial charge >= 0.3 is 0 Å². The van der Waals surface area contributed by atoms with Crippen LogP contribution < -0.4 is 81.5 Å². The zero-order valence-electron chi connectivity index (χ0n) is 73.2. The summed E-state index contributed by atoms with van der Waals surface area (Å²) in [5, 5.41) is 10.9. The second-order valence-electron chi connectivity index (χ2n) is 28.6. The third-order valence-electron chi connectivity index (χ3n) is 18.9.